The van der Waals surface area contributed by atoms with Crippen molar-refractivity contribution in [1.29, 1.82) is 5.26 Å². The third kappa shape index (κ3) is 5.55. The van der Waals surface area contributed by atoms with E-state index in [-0.39, 0.29) is 17.2 Å². The number of hydrogen-bond acceptors (Lipinski definition) is 5. The van der Waals surface area contributed by atoms with Crippen LogP contribution in [0, 0.1) is 16.7 Å². The lowest BCUT2D eigenvalue weighted by molar-refractivity contribution is -0.125. The second-order valence-corrected chi connectivity index (χ2v) is 9.20. The molecule has 0 saturated carbocycles. The molecule has 1 aromatic heterocycles. The van der Waals surface area contributed by atoms with Gasteiger partial charge in [0.25, 0.3) is 5.91 Å². The molecule has 1 aliphatic heterocycles. The third-order valence-electron chi connectivity index (χ3n) is 4.60. The van der Waals surface area contributed by atoms with Crippen LogP contribution in [-0.4, -0.2) is 48.4 Å². The lowest BCUT2D eigenvalue weighted by Gasteiger charge is -2.37. The summed E-state index contributed by atoms with van der Waals surface area (Å²) >= 11 is 1.34. The fraction of sp³-hybridized carbons (Fsp3) is 0.632. The Bertz CT molecular complexity index is 665. The van der Waals surface area contributed by atoms with E-state index in [0.717, 1.165) is 13.1 Å². The standard InChI is InChI=1S/C19H28N4O2S/c1-18(2,3)12-14(21-17(25)15-6-5-11-26-15)16(24)22-19(13-20)7-9-23(4)10-8-19/h5-6,11,14H,7-10,12H2,1-4H3,(H,21,25)(H,22,24). The summed E-state index contributed by atoms with van der Waals surface area (Å²) < 4.78 is 0. The number of piperidine rings is 1. The number of hydrogen-bond donors (Lipinski definition) is 2. The molecule has 0 aliphatic carbocycles. The average Bonchev–Trinajstić information content (AvgIpc) is 3.10. The highest BCUT2D eigenvalue weighted by Crippen LogP contribution is 2.24. The zero-order valence-electron chi connectivity index (χ0n) is 16.0. The molecule has 1 aromatic rings. The first-order chi connectivity index (χ1) is 12.1. The molecule has 0 spiro atoms. The Balaban J connectivity index is 2.12. The quantitative estimate of drug-likeness (QED) is 0.826. The van der Waals surface area contributed by atoms with Crippen LogP contribution in [0.2, 0.25) is 0 Å². The van der Waals surface area contributed by atoms with Gasteiger partial charge in [0.15, 0.2) is 0 Å². The summed E-state index contributed by atoms with van der Waals surface area (Å²) in [6.07, 6.45) is 1.68. The van der Waals surface area contributed by atoms with Crippen LogP contribution in [0.1, 0.15) is 49.7 Å². The van der Waals surface area contributed by atoms with Crippen molar-refractivity contribution in [3.63, 3.8) is 0 Å². The number of likely N-dealkylation sites (tertiary alicyclic amines) is 1. The molecule has 2 heterocycles. The minimum absolute atomic E-state index is 0.142. The van der Waals surface area contributed by atoms with E-state index in [9.17, 15) is 14.9 Å². The first-order valence-corrected chi connectivity index (χ1v) is 9.78. The number of nitriles is 1. The number of nitrogens with one attached hydrogen (secondary N) is 2. The maximum atomic E-state index is 13.0. The molecule has 1 unspecified atom stereocenters. The van der Waals surface area contributed by atoms with Crippen molar-refractivity contribution in [2.24, 2.45) is 5.41 Å². The minimum Gasteiger partial charge on any atom is -0.340 e. The molecule has 142 valence electrons. The van der Waals surface area contributed by atoms with Crippen LogP contribution in [0.3, 0.4) is 0 Å². The van der Waals surface area contributed by atoms with Crippen LogP contribution in [0.25, 0.3) is 0 Å². The predicted octanol–water partition coefficient (Wildman–Crippen LogP) is 2.39. The molecule has 2 amide bonds. The van der Waals surface area contributed by atoms with Crippen LogP contribution < -0.4 is 10.6 Å². The highest BCUT2D eigenvalue weighted by atomic mass is 32.1. The summed E-state index contributed by atoms with van der Waals surface area (Å²) in [5.74, 6) is -0.533. The first kappa shape index (κ1) is 20.4. The largest absolute Gasteiger partial charge is 0.340 e. The minimum atomic E-state index is -0.854. The molecule has 1 atom stereocenters. The van der Waals surface area contributed by atoms with Crippen LogP contribution in [0.4, 0.5) is 0 Å². The Morgan fingerprint density at radius 2 is 2.04 bits per heavy atom. The number of carbonyl (C=O) groups excluding carboxylic acids is 2. The molecular weight excluding hydrogens is 348 g/mol. The van der Waals surface area contributed by atoms with E-state index in [1.165, 1.54) is 11.3 Å². The normalized spacial score (nSPS) is 18.6. The van der Waals surface area contributed by atoms with Gasteiger partial charge < -0.3 is 15.5 Å². The Kier molecular flexibility index (Phi) is 6.43. The van der Waals surface area contributed by atoms with E-state index in [2.05, 4.69) is 21.6 Å². The summed E-state index contributed by atoms with van der Waals surface area (Å²) in [5, 5.41) is 17.3. The van der Waals surface area contributed by atoms with Crippen LogP contribution in [0.5, 0.6) is 0 Å². The van der Waals surface area contributed by atoms with Crippen molar-refractivity contribution < 1.29 is 9.59 Å². The molecule has 0 bridgehead atoms. The van der Waals surface area contributed by atoms with E-state index in [1.807, 2.05) is 39.3 Å². The first-order valence-electron chi connectivity index (χ1n) is 8.90. The number of nitrogens with zero attached hydrogens (tertiary/aromatic N) is 2. The average molecular weight is 377 g/mol. The van der Waals surface area contributed by atoms with Crippen molar-refractivity contribution in [1.82, 2.24) is 15.5 Å². The fourth-order valence-electron chi connectivity index (χ4n) is 3.05. The summed E-state index contributed by atoms with van der Waals surface area (Å²) in [4.78, 5) is 28.1. The zero-order chi connectivity index (χ0) is 19.4. The zero-order valence-corrected chi connectivity index (χ0v) is 16.8. The number of amides is 2. The summed E-state index contributed by atoms with van der Waals surface area (Å²) in [7, 11) is 2.01. The van der Waals surface area contributed by atoms with Crippen molar-refractivity contribution in [2.75, 3.05) is 20.1 Å². The smallest absolute Gasteiger partial charge is 0.261 e. The SMILES string of the molecule is CN1CCC(C#N)(NC(=O)C(CC(C)(C)C)NC(=O)c2cccs2)CC1. The van der Waals surface area contributed by atoms with Crippen LogP contribution in [0.15, 0.2) is 17.5 Å². The fourth-order valence-corrected chi connectivity index (χ4v) is 3.67. The van der Waals surface area contributed by atoms with Crippen molar-refractivity contribution in [3.05, 3.63) is 22.4 Å². The topological polar surface area (TPSA) is 85.2 Å². The molecule has 0 radical (unpaired) electrons. The molecule has 7 heteroatoms. The Morgan fingerprint density at radius 1 is 1.38 bits per heavy atom. The number of thiophene rings is 1. The van der Waals surface area contributed by atoms with Gasteiger partial charge in [0, 0.05) is 13.1 Å². The van der Waals surface area contributed by atoms with Gasteiger partial charge in [-0.3, -0.25) is 9.59 Å². The molecule has 1 aliphatic rings. The van der Waals surface area contributed by atoms with Gasteiger partial charge in [-0.05, 0) is 43.2 Å². The van der Waals surface area contributed by atoms with Gasteiger partial charge in [-0.15, -0.1) is 11.3 Å². The molecule has 6 nitrogen and oxygen atoms in total. The van der Waals surface area contributed by atoms with Crippen molar-refractivity contribution in [2.45, 2.75) is 51.6 Å². The summed E-state index contributed by atoms with van der Waals surface area (Å²) in [6, 6.07) is 5.17. The van der Waals surface area contributed by atoms with E-state index in [0.29, 0.717) is 24.1 Å². The highest BCUT2D eigenvalue weighted by molar-refractivity contribution is 7.12. The lowest BCUT2D eigenvalue weighted by Crippen LogP contribution is -2.59. The maximum Gasteiger partial charge on any atom is 0.261 e. The molecule has 1 saturated heterocycles. The molecule has 2 rings (SSSR count). The number of rotatable bonds is 5. The summed E-state index contributed by atoms with van der Waals surface area (Å²) in [5.41, 5.74) is -0.995. The lowest BCUT2D eigenvalue weighted by atomic mass is 9.85. The molecular formula is C19H28N4O2S. The Hall–Kier alpha value is -1.91. The van der Waals surface area contributed by atoms with Gasteiger partial charge >= 0.3 is 0 Å². The van der Waals surface area contributed by atoms with Crippen LogP contribution >= 0.6 is 11.3 Å². The van der Waals surface area contributed by atoms with Gasteiger partial charge in [0.2, 0.25) is 5.91 Å². The van der Waals surface area contributed by atoms with Crippen LogP contribution in [-0.2, 0) is 4.79 Å². The maximum absolute atomic E-state index is 13.0. The second-order valence-electron chi connectivity index (χ2n) is 8.25. The third-order valence-corrected chi connectivity index (χ3v) is 5.47. The van der Waals surface area contributed by atoms with Gasteiger partial charge in [-0.1, -0.05) is 26.8 Å². The predicted molar refractivity (Wildman–Crippen MR) is 103 cm³/mol. The van der Waals surface area contributed by atoms with Gasteiger partial charge in [-0.25, -0.2) is 0 Å². The van der Waals surface area contributed by atoms with Crippen molar-refractivity contribution in [3.8, 4) is 6.07 Å². The molecule has 1 fully saturated rings. The van der Waals surface area contributed by atoms with E-state index >= 15 is 0 Å². The molecule has 0 aromatic carbocycles. The Labute approximate surface area is 159 Å². The van der Waals surface area contributed by atoms with E-state index in [1.54, 1.807) is 6.07 Å². The molecule has 2 N–H and O–H groups in total. The number of carbonyl (C=O) groups is 2. The Morgan fingerprint density at radius 3 is 2.54 bits per heavy atom. The van der Waals surface area contributed by atoms with Gasteiger partial charge in [0.05, 0.1) is 10.9 Å². The van der Waals surface area contributed by atoms with Gasteiger partial charge in [0.1, 0.15) is 11.6 Å². The summed E-state index contributed by atoms with van der Waals surface area (Å²) in [6.45, 7) is 7.61. The van der Waals surface area contributed by atoms with E-state index in [4.69, 9.17) is 0 Å². The van der Waals surface area contributed by atoms with Gasteiger partial charge in [-0.2, -0.15) is 5.26 Å². The van der Waals surface area contributed by atoms with E-state index < -0.39 is 11.6 Å². The highest BCUT2D eigenvalue weighted by Gasteiger charge is 2.38. The second kappa shape index (κ2) is 8.19. The monoisotopic (exact) mass is 376 g/mol. The molecule has 26 heavy (non-hydrogen) atoms. The van der Waals surface area contributed by atoms with Crippen molar-refractivity contribution >= 4 is 23.2 Å².